The Labute approximate surface area is 69.3 Å². The molecule has 2 heterocycles. The van der Waals surface area contributed by atoms with E-state index < -0.39 is 0 Å². The highest BCUT2D eigenvalue weighted by Gasteiger charge is 2.02. The van der Waals surface area contributed by atoms with E-state index in [9.17, 15) is 0 Å². The molecule has 2 rings (SSSR count). The Bertz CT molecular complexity index is 370. The largest absolute Gasteiger partial charge is 0.342 e. The highest BCUT2D eigenvalue weighted by molar-refractivity contribution is 5.47. The Kier molecular flexibility index (Phi) is 1.59. The molecule has 12 heavy (non-hydrogen) atoms. The van der Waals surface area contributed by atoms with Crippen molar-refractivity contribution >= 4 is 0 Å². The number of hydrogen-bond donors (Lipinski definition) is 0. The molecule has 0 bridgehead atoms. The van der Waals surface area contributed by atoms with Gasteiger partial charge in [0, 0.05) is 5.69 Å². The van der Waals surface area contributed by atoms with Gasteiger partial charge in [-0.05, 0) is 19.1 Å². The number of pyridine rings is 1. The molecule has 4 nitrogen and oxygen atoms in total. The van der Waals surface area contributed by atoms with Crippen molar-refractivity contribution in [2.45, 2.75) is 6.92 Å². The van der Waals surface area contributed by atoms with Gasteiger partial charge in [0.05, 0.1) is 0 Å². The Morgan fingerprint density at radius 2 is 2.25 bits per heavy atom. The first-order valence-corrected chi connectivity index (χ1v) is 3.56. The minimum Gasteiger partial charge on any atom is -0.342 e. The Hall–Kier alpha value is -1.71. The lowest BCUT2D eigenvalue weighted by Crippen LogP contribution is -1.87. The molecule has 2 aromatic heterocycles. The van der Waals surface area contributed by atoms with Crippen molar-refractivity contribution in [3.05, 3.63) is 30.3 Å². The highest BCUT2D eigenvalue weighted by atomic mass is 16.5. The monoisotopic (exact) mass is 161 g/mol. The first kappa shape index (κ1) is 6.97. The van der Waals surface area contributed by atoms with Gasteiger partial charge in [0.2, 0.25) is 12.2 Å². The van der Waals surface area contributed by atoms with E-state index >= 15 is 0 Å². The van der Waals surface area contributed by atoms with Crippen LogP contribution in [0, 0.1) is 6.92 Å². The fraction of sp³-hybridized carbons (Fsp3) is 0.125. The summed E-state index contributed by atoms with van der Waals surface area (Å²) in [5, 5.41) is 3.68. The van der Waals surface area contributed by atoms with Crippen LogP contribution in [0.4, 0.5) is 0 Å². The summed E-state index contributed by atoms with van der Waals surface area (Å²) < 4.78 is 4.61. The lowest BCUT2D eigenvalue weighted by Gasteiger charge is -1.93. The summed E-state index contributed by atoms with van der Waals surface area (Å²) in [6.07, 6.45) is 1.29. The molecule has 0 aliphatic carbocycles. The molecule has 60 valence electrons. The van der Waals surface area contributed by atoms with Gasteiger partial charge in [-0.3, -0.25) is 0 Å². The van der Waals surface area contributed by atoms with Gasteiger partial charge in [0.25, 0.3) is 0 Å². The van der Waals surface area contributed by atoms with Crippen LogP contribution in [0.25, 0.3) is 11.5 Å². The summed E-state index contributed by atoms with van der Waals surface area (Å²) in [6.45, 7) is 1.92. The average Bonchev–Trinajstić information content (AvgIpc) is 2.56. The fourth-order valence-electron chi connectivity index (χ4n) is 0.951. The van der Waals surface area contributed by atoms with Gasteiger partial charge >= 0.3 is 0 Å². The van der Waals surface area contributed by atoms with Gasteiger partial charge in [-0.25, -0.2) is 4.98 Å². The van der Waals surface area contributed by atoms with E-state index in [1.54, 1.807) is 0 Å². The quantitative estimate of drug-likeness (QED) is 0.635. The van der Waals surface area contributed by atoms with Crippen LogP contribution >= 0.6 is 0 Å². The van der Waals surface area contributed by atoms with E-state index in [0.717, 1.165) is 11.4 Å². The van der Waals surface area contributed by atoms with Crippen LogP contribution in [0.2, 0.25) is 0 Å². The second-order valence-corrected chi connectivity index (χ2v) is 2.42. The van der Waals surface area contributed by atoms with Crippen LogP contribution in [0.1, 0.15) is 5.69 Å². The maximum Gasteiger partial charge on any atom is 0.220 e. The van der Waals surface area contributed by atoms with Crippen molar-refractivity contribution in [1.82, 2.24) is 15.1 Å². The number of nitrogens with zero attached hydrogens (tertiary/aromatic N) is 3. The van der Waals surface area contributed by atoms with Crippen LogP contribution in [0.15, 0.2) is 29.1 Å². The van der Waals surface area contributed by atoms with Crippen molar-refractivity contribution in [3.63, 3.8) is 0 Å². The molecule has 0 aliphatic rings. The van der Waals surface area contributed by atoms with E-state index in [4.69, 9.17) is 0 Å². The molecule has 0 amide bonds. The molecule has 0 saturated heterocycles. The molecular formula is C8H7N3O. The summed E-state index contributed by atoms with van der Waals surface area (Å²) in [4.78, 5) is 8.12. The molecule has 0 radical (unpaired) electrons. The SMILES string of the molecule is Cc1cccc(-c2ncon2)n1. The molecule has 0 atom stereocenters. The Balaban J connectivity index is 2.48. The summed E-state index contributed by atoms with van der Waals surface area (Å²) in [7, 11) is 0. The first-order chi connectivity index (χ1) is 5.86. The molecule has 0 saturated carbocycles. The smallest absolute Gasteiger partial charge is 0.220 e. The summed E-state index contributed by atoms with van der Waals surface area (Å²) in [6, 6.07) is 5.68. The molecule has 0 aromatic carbocycles. The minimum atomic E-state index is 0.527. The van der Waals surface area contributed by atoms with Gasteiger partial charge in [0.15, 0.2) is 0 Å². The lowest BCUT2D eigenvalue weighted by molar-refractivity contribution is 0.418. The number of hydrogen-bond acceptors (Lipinski definition) is 4. The summed E-state index contributed by atoms with van der Waals surface area (Å²) >= 11 is 0. The van der Waals surface area contributed by atoms with Crippen molar-refractivity contribution in [2.75, 3.05) is 0 Å². The number of rotatable bonds is 1. The second-order valence-electron chi connectivity index (χ2n) is 2.42. The van der Waals surface area contributed by atoms with Gasteiger partial charge in [-0.2, -0.15) is 4.98 Å². The molecule has 0 N–H and O–H groups in total. The maximum absolute atomic E-state index is 4.61. The molecule has 0 fully saturated rings. The van der Waals surface area contributed by atoms with E-state index in [0.29, 0.717) is 5.82 Å². The van der Waals surface area contributed by atoms with Crippen LogP contribution in [-0.4, -0.2) is 15.1 Å². The van der Waals surface area contributed by atoms with Crippen LogP contribution in [0.5, 0.6) is 0 Å². The van der Waals surface area contributed by atoms with Crippen LogP contribution < -0.4 is 0 Å². The fourth-order valence-corrected chi connectivity index (χ4v) is 0.951. The van der Waals surface area contributed by atoms with E-state index in [-0.39, 0.29) is 0 Å². The minimum absolute atomic E-state index is 0.527. The normalized spacial score (nSPS) is 10.1. The van der Waals surface area contributed by atoms with Gasteiger partial charge in [-0.1, -0.05) is 11.2 Å². The zero-order chi connectivity index (χ0) is 8.39. The third-order valence-corrected chi connectivity index (χ3v) is 1.48. The molecular weight excluding hydrogens is 154 g/mol. The van der Waals surface area contributed by atoms with E-state index in [1.807, 2.05) is 25.1 Å². The van der Waals surface area contributed by atoms with Crippen molar-refractivity contribution in [3.8, 4) is 11.5 Å². The van der Waals surface area contributed by atoms with Crippen LogP contribution in [0.3, 0.4) is 0 Å². The molecule has 4 heteroatoms. The standard InChI is InChI=1S/C8H7N3O/c1-6-3-2-4-7(10-6)8-9-5-12-11-8/h2-5H,1H3. The molecule has 0 aliphatic heterocycles. The predicted octanol–water partition coefficient (Wildman–Crippen LogP) is 1.44. The molecule has 0 spiro atoms. The zero-order valence-electron chi connectivity index (χ0n) is 6.56. The molecule has 0 unspecified atom stereocenters. The van der Waals surface area contributed by atoms with Crippen molar-refractivity contribution in [1.29, 1.82) is 0 Å². The van der Waals surface area contributed by atoms with E-state index in [1.165, 1.54) is 6.39 Å². The predicted molar refractivity (Wildman–Crippen MR) is 42.3 cm³/mol. The van der Waals surface area contributed by atoms with Gasteiger partial charge < -0.3 is 4.52 Å². The average molecular weight is 161 g/mol. The maximum atomic E-state index is 4.61. The first-order valence-electron chi connectivity index (χ1n) is 3.56. The van der Waals surface area contributed by atoms with Gasteiger partial charge in [0.1, 0.15) is 5.69 Å². The Morgan fingerprint density at radius 1 is 1.33 bits per heavy atom. The molecule has 2 aromatic rings. The zero-order valence-corrected chi connectivity index (χ0v) is 6.56. The highest BCUT2D eigenvalue weighted by Crippen LogP contribution is 2.10. The number of aromatic nitrogens is 3. The lowest BCUT2D eigenvalue weighted by atomic mass is 10.3. The third-order valence-electron chi connectivity index (χ3n) is 1.48. The van der Waals surface area contributed by atoms with Crippen molar-refractivity contribution < 1.29 is 4.52 Å². The summed E-state index contributed by atoms with van der Waals surface area (Å²) in [5.74, 6) is 0.527. The topological polar surface area (TPSA) is 51.8 Å². The summed E-state index contributed by atoms with van der Waals surface area (Å²) in [5.41, 5.74) is 1.68. The van der Waals surface area contributed by atoms with Gasteiger partial charge in [-0.15, -0.1) is 0 Å². The Morgan fingerprint density at radius 3 is 2.92 bits per heavy atom. The van der Waals surface area contributed by atoms with E-state index in [2.05, 4.69) is 19.6 Å². The third kappa shape index (κ3) is 1.18. The number of aryl methyl sites for hydroxylation is 1. The second kappa shape index (κ2) is 2.73. The van der Waals surface area contributed by atoms with Crippen molar-refractivity contribution in [2.24, 2.45) is 0 Å². The van der Waals surface area contributed by atoms with Crippen LogP contribution in [-0.2, 0) is 0 Å².